The lowest BCUT2D eigenvalue weighted by atomic mass is 10.0. The SMILES string of the molecule is CC1CCCN(S(=O)(=O)N2CSC[C@H]2C(=O)O)C1. The molecule has 0 saturated carbocycles. The largest absolute Gasteiger partial charge is 0.480 e. The Kier molecular flexibility index (Phi) is 4.20. The van der Waals surface area contributed by atoms with Crippen molar-refractivity contribution in [1.29, 1.82) is 0 Å². The van der Waals surface area contributed by atoms with Gasteiger partial charge in [0.25, 0.3) is 10.2 Å². The zero-order valence-corrected chi connectivity index (χ0v) is 11.9. The van der Waals surface area contributed by atoms with Crippen LogP contribution < -0.4 is 0 Å². The normalized spacial score (nSPS) is 31.6. The van der Waals surface area contributed by atoms with E-state index >= 15 is 0 Å². The second kappa shape index (κ2) is 5.36. The Hall–Kier alpha value is -0.310. The predicted molar refractivity (Wildman–Crippen MR) is 69.5 cm³/mol. The molecule has 2 fully saturated rings. The molecule has 18 heavy (non-hydrogen) atoms. The number of carboxylic acid groups (broad SMARTS) is 1. The molecule has 2 heterocycles. The Balaban J connectivity index is 2.17. The average molecular weight is 294 g/mol. The minimum Gasteiger partial charge on any atom is -0.480 e. The van der Waals surface area contributed by atoms with Gasteiger partial charge in [0.1, 0.15) is 6.04 Å². The molecule has 6 nitrogen and oxygen atoms in total. The van der Waals surface area contributed by atoms with Gasteiger partial charge in [0, 0.05) is 18.8 Å². The van der Waals surface area contributed by atoms with Crippen molar-refractivity contribution in [2.75, 3.05) is 24.7 Å². The van der Waals surface area contributed by atoms with Crippen LogP contribution in [0, 0.1) is 5.92 Å². The van der Waals surface area contributed by atoms with E-state index in [1.807, 2.05) is 6.92 Å². The molecule has 0 amide bonds. The molecule has 8 heteroatoms. The van der Waals surface area contributed by atoms with Crippen molar-refractivity contribution < 1.29 is 18.3 Å². The van der Waals surface area contributed by atoms with Crippen molar-refractivity contribution in [2.45, 2.75) is 25.8 Å². The maximum atomic E-state index is 12.4. The molecule has 0 spiro atoms. The number of thioether (sulfide) groups is 1. The Morgan fingerprint density at radius 2 is 2.17 bits per heavy atom. The molecule has 2 rings (SSSR count). The standard InChI is InChI=1S/C10H18N2O4S2/c1-8-3-2-4-11(5-8)18(15,16)12-7-17-6-9(12)10(13)14/h8-9H,2-7H2,1H3,(H,13,14)/t8?,9-/m0/s1. The fraction of sp³-hybridized carbons (Fsp3) is 0.900. The van der Waals surface area contributed by atoms with Gasteiger partial charge in [0.2, 0.25) is 0 Å². The summed E-state index contributed by atoms with van der Waals surface area (Å²) in [6, 6.07) is -0.919. The molecule has 0 aromatic carbocycles. The summed E-state index contributed by atoms with van der Waals surface area (Å²) in [5.41, 5.74) is 0. The molecule has 0 radical (unpaired) electrons. The highest BCUT2D eigenvalue weighted by Gasteiger charge is 2.42. The molecule has 0 aliphatic carbocycles. The monoisotopic (exact) mass is 294 g/mol. The smallest absolute Gasteiger partial charge is 0.322 e. The van der Waals surface area contributed by atoms with E-state index in [9.17, 15) is 13.2 Å². The Labute approximate surface area is 112 Å². The lowest BCUT2D eigenvalue weighted by molar-refractivity contribution is -0.140. The molecular weight excluding hydrogens is 276 g/mol. The number of carbonyl (C=O) groups is 1. The number of hydrogen-bond donors (Lipinski definition) is 1. The van der Waals surface area contributed by atoms with Gasteiger partial charge in [-0.3, -0.25) is 4.79 Å². The molecule has 2 saturated heterocycles. The number of hydrogen-bond acceptors (Lipinski definition) is 4. The maximum absolute atomic E-state index is 12.4. The number of carboxylic acids is 1. The molecule has 2 atom stereocenters. The highest BCUT2D eigenvalue weighted by atomic mass is 32.2. The molecule has 0 aromatic heterocycles. The van der Waals surface area contributed by atoms with Crippen LogP contribution in [0.25, 0.3) is 0 Å². The molecular formula is C10H18N2O4S2. The lowest BCUT2D eigenvalue weighted by Crippen LogP contribution is -2.51. The van der Waals surface area contributed by atoms with Crippen LogP contribution >= 0.6 is 11.8 Å². The summed E-state index contributed by atoms with van der Waals surface area (Å²) in [5.74, 6) is -0.150. The molecule has 2 aliphatic heterocycles. The Morgan fingerprint density at radius 1 is 1.44 bits per heavy atom. The second-order valence-electron chi connectivity index (χ2n) is 4.85. The van der Waals surface area contributed by atoms with Crippen LogP contribution in [-0.4, -0.2) is 58.9 Å². The first kappa shape index (κ1) is 14.1. The summed E-state index contributed by atoms with van der Waals surface area (Å²) in [5, 5.41) is 9.06. The van der Waals surface area contributed by atoms with Crippen LogP contribution in [0.2, 0.25) is 0 Å². The lowest BCUT2D eigenvalue weighted by Gasteiger charge is -2.33. The zero-order chi connectivity index (χ0) is 13.3. The molecule has 1 N–H and O–H groups in total. The summed E-state index contributed by atoms with van der Waals surface area (Å²) in [7, 11) is -3.62. The van der Waals surface area contributed by atoms with E-state index in [0.29, 0.717) is 24.8 Å². The predicted octanol–water partition coefficient (Wildman–Crippen LogP) is 0.423. The van der Waals surface area contributed by atoms with Crippen LogP contribution in [0.15, 0.2) is 0 Å². The van der Waals surface area contributed by atoms with E-state index in [0.717, 1.165) is 17.1 Å². The first-order chi connectivity index (χ1) is 8.43. The summed E-state index contributed by atoms with van der Waals surface area (Å²) in [6.45, 7) is 3.02. The van der Waals surface area contributed by atoms with Crippen LogP contribution in [0.3, 0.4) is 0 Å². The minimum absolute atomic E-state index is 0.240. The van der Waals surface area contributed by atoms with Crippen molar-refractivity contribution in [2.24, 2.45) is 5.92 Å². The number of piperidine rings is 1. The molecule has 1 unspecified atom stereocenters. The van der Waals surface area contributed by atoms with Gasteiger partial charge in [-0.2, -0.15) is 17.0 Å². The van der Waals surface area contributed by atoms with Crippen molar-refractivity contribution >= 4 is 27.9 Å². The maximum Gasteiger partial charge on any atom is 0.322 e. The van der Waals surface area contributed by atoms with Crippen LogP contribution in [0.4, 0.5) is 0 Å². The third-order valence-corrected chi connectivity index (χ3v) is 6.51. The van der Waals surface area contributed by atoms with Gasteiger partial charge in [-0.05, 0) is 18.8 Å². The van der Waals surface area contributed by atoms with Gasteiger partial charge in [0.05, 0.1) is 5.88 Å². The van der Waals surface area contributed by atoms with Gasteiger partial charge in [-0.25, -0.2) is 0 Å². The highest BCUT2D eigenvalue weighted by Crippen LogP contribution is 2.28. The summed E-state index contributed by atoms with van der Waals surface area (Å²) in [6.07, 6.45) is 1.88. The molecule has 0 bridgehead atoms. The van der Waals surface area contributed by atoms with E-state index in [2.05, 4.69) is 0 Å². The summed E-state index contributed by atoms with van der Waals surface area (Å²) < 4.78 is 27.4. The number of aliphatic carboxylic acids is 1. The molecule has 104 valence electrons. The average Bonchev–Trinajstić information content (AvgIpc) is 2.78. The summed E-state index contributed by atoms with van der Waals surface area (Å²) in [4.78, 5) is 11.1. The zero-order valence-electron chi connectivity index (χ0n) is 10.3. The van der Waals surface area contributed by atoms with E-state index in [1.54, 1.807) is 0 Å². The topological polar surface area (TPSA) is 77.9 Å². The van der Waals surface area contributed by atoms with Crippen molar-refractivity contribution in [3.63, 3.8) is 0 Å². The van der Waals surface area contributed by atoms with Crippen molar-refractivity contribution in [3.05, 3.63) is 0 Å². The van der Waals surface area contributed by atoms with E-state index in [4.69, 9.17) is 5.11 Å². The van der Waals surface area contributed by atoms with Crippen LogP contribution in [0.5, 0.6) is 0 Å². The Bertz CT molecular complexity index is 426. The fourth-order valence-corrected chi connectivity index (χ4v) is 5.80. The Morgan fingerprint density at radius 3 is 2.78 bits per heavy atom. The van der Waals surface area contributed by atoms with E-state index in [1.165, 1.54) is 16.1 Å². The summed E-state index contributed by atoms with van der Waals surface area (Å²) >= 11 is 1.35. The quantitative estimate of drug-likeness (QED) is 0.816. The highest BCUT2D eigenvalue weighted by molar-refractivity contribution is 8.00. The van der Waals surface area contributed by atoms with Gasteiger partial charge >= 0.3 is 5.97 Å². The third-order valence-electron chi connectivity index (χ3n) is 3.37. The van der Waals surface area contributed by atoms with Crippen molar-refractivity contribution in [3.8, 4) is 0 Å². The number of nitrogens with zero attached hydrogens (tertiary/aromatic N) is 2. The van der Waals surface area contributed by atoms with E-state index < -0.39 is 22.2 Å². The van der Waals surface area contributed by atoms with Gasteiger partial charge in [-0.1, -0.05) is 6.92 Å². The fourth-order valence-electron chi connectivity index (χ4n) is 2.35. The molecule has 0 aromatic rings. The number of rotatable bonds is 3. The van der Waals surface area contributed by atoms with Gasteiger partial charge in [0.15, 0.2) is 0 Å². The first-order valence-corrected chi connectivity index (χ1v) is 8.55. The minimum atomic E-state index is -3.62. The van der Waals surface area contributed by atoms with Gasteiger partial charge < -0.3 is 5.11 Å². The third kappa shape index (κ3) is 2.66. The van der Waals surface area contributed by atoms with E-state index in [-0.39, 0.29) is 5.88 Å². The van der Waals surface area contributed by atoms with Crippen LogP contribution in [0.1, 0.15) is 19.8 Å². The van der Waals surface area contributed by atoms with Crippen LogP contribution in [-0.2, 0) is 15.0 Å². The second-order valence-corrected chi connectivity index (χ2v) is 7.74. The van der Waals surface area contributed by atoms with Gasteiger partial charge in [-0.15, -0.1) is 11.8 Å². The first-order valence-electron chi connectivity index (χ1n) is 6.00. The molecule has 2 aliphatic rings. The van der Waals surface area contributed by atoms with Crippen molar-refractivity contribution in [1.82, 2.24) is 8.61 Å².